The van der Waals surface area contributed by atoms with Gasteiger partial charge in [-0.1, -0.05) is 0 Å². The molecule has 0 fully saturated rings. The Labute approximate surface area is 108 Å². The number of nitrogens with two attached hydrogens (primary N) is 1. The van der Waals surface area contributed by atoms with Gasteiger partial charge in [-0.2, -0.15) is 0 Å². The lowest BCUT2D eigenvalue weighted by Gasteiger charge is -2.03. The van der Waals surface area contributed by atoms with E-state index in [0.29, 0.717) is 23.7 Å². The average molecular weight is 265 g/mol. The van der Waals surface area contributed by atoms with E-state index in [2.05, 4.69) is 10.3 Å². The lowest BCUT2D eigenvalue weighted by Crippen LogP contribution is -2.25. The van der Waals surface area contributed by atoms with Crippen LogP contribution in [0.2, 0.25) is 0 Å². The van der Waals surface area contributed by atoms with E-state index in [0.717, 1.165) is 5.69 Å². The molecule has 6 heteroatoms. The number of rotatable bonds is 4. The Bertz CT molecular complexity index is 539. The Hall–Kier alpha value is -1.95. The second kappa shape index (κ2) is 5.59. The molecule has 0 atom stereocenters. The fourth-order valence-corrected chi connectivity index (χ4v) is 2.04. The molecule has 0 radical (unpaired) electrons. The lowest BCUT2D eigenvalue weighted by atomic mass is 10.2. The van der Waals surface area contributed by atoms with Crippen LogP contribution < -0.4 is 11.1 Å². The molecule has 1 aromatic heterocycles. The van der Waals surface area contributed by atoms with Crippen molar-refractivity contribution in [2.24, 2.45) is 0 Å². The Balaban J connectivity index is 1.83. The van der Waals surface area contributed by atoms with E-state index >= 15 is 0 Å². The minimum absolute atomic E-state index is 0.224. The van der Waals surface area contributed by atoms with E-state index in [1.807, 2.05) is 5.38 Å². The van der Waals surface area contributed by atoms with E-state index in [1.54, 1.807) is 0 Å². The number of amides is 1. The minimum atomic E-state index is -0.357. The highest BCUT2D eigenvalue weighted by atomic mass is 32.1. The summed E-state index contributed by atoms with van der Waals surface area (Å²) in [6, 6.07) is 5.42. The van der Waals surface area contributed by atoms with Crippen molar-refractivity contribution in [3.63, 3.8) is 0 Å². The number of carbonyl (C=O) groups is 1. The third-order valence-electron chi connectivity index (χ3n) is 2.34. The predicted molar refractivity (Wildman–Crippen MR) is 69.0 cm³/mol. The highest BCUT2D eigenvalue weighted by Crippen LogP contribution is 2.11. The SMILES string of the molecule is Nc1nc(CCNC(=O)c2ccc(F)cc2)cs1. The predicted octanol–water partition coefficient (Wildman–Crippen LogP) is 1.84. The standard InChI is InChI=1S/C12H12FN3OS/c13-9-3-1-8(2-4-9)11(17)15-6-5-10-7-18-12(14)16-10/h1-4,7H,5-6H2,(H2,14,16)(H,15,17). The number of carbonyl (C=O) groups excluding carboxylic acids is 1. The summed E-state index contributed by atoms with van der Waals surface area (Å²) in [4.78, 5) is 15.8. The summed E-state index contributed by atoms with van der Waals surface area (Å²) >= 11 is 1.37. The van der Waals surface area contributed by atoms with E-state index in [-0.39, 0.29) is 11.7 Å². The summed E-state index contributed by atoms with van der Waals surface area (Å²) in [6.07, 6.45) is 0.626. The molecule has 94 valence electrons. The van der Waals surface area contributed by atoms with Crippen LogP contribution in [0.3, 0.4) is 0 Å². The zero-order valence-corrected chi connectivity index (χ0v) is 10.3. The molecule has 0 bridgehead atoms. The maximum absolute atomic E-state index is 12.7. The molecule has 0 aliphatic carbocycles. The first-order valence-electron chi connectivity index (χ1n) is 5.39. The minimum Gasteiger partial charge on any atom is -0.375 e. The van der Waals surface area contributed by atoms with Gasteiger partial charge in [0.25, 0.3) is 5.91 Å². The zero-order chi connectivity index (χ0) is 13.0. The van der Waals surface area contributed by atoms with Crippen molar-refractivity contribution in [3.05, 3.63) is 46.7 Å². The fraction of sp³-hybridized carbons (Fsp3) is 0.167. The molecule has 1 amide bonds. The molecule has 1 heterocycles. The molecule has 0 saturated heterocycles. The van der Waals surface area contributed by atoms with Crippen LogP contribution in [0, 0.1) is 5.82 Å². The Morgan fingerprint density at radius 2 is 2.11 bits per heavy atom. The normalized spacial score (nSPS) is 10.3. The van der Waals surface area contributed by atoms with Crippen molar-refractivity contribution < 1.29 is 9.18 Å². The summed E-state index contributed by atoms with van der Waals surface area (Å²) in [5, 5.41) is 5.12. The average Bonchev–Trinajstić information content (AvgIpc) is 2.76. The van der Waals surface area contributed by atoms with Crippen molar-refractivity contribution in [2.75, 3.05) is 12.3 Å². The van der Waals surface area contributed by atoms with E-state index in [9.17, 15) is 9.18 Å². The van der Waals surface area contributed by atoms with Crippen LogP contribution in [0.15, 0.2) is 29.6 Å². The van der Waals surface area contributed by atoms with Gasteiger partial charge in [0.2, 0.25) is 0 Å². The number of nitrogens with zero attached hydrogens (tertiary/aromatic N) is 1. The molecule has 1 aromatic carbocycles. The third kappa shape index (κ3) is 3.27. The van der Waals surface area contributed by atoms with E-state index < -0.39 is 0 Å². The summed E-state index contributed by atoms with van der Waals surface area (Å²) in [6.45, 7) is 0.472. The lowest BCUT2D eigenvalue weighted by molar-refractivity contribution is 0.0954. The van der Waals surface area contributed by atoms with Crippen LogP contribution in [0.1, 0.15) is 16.1 Å². The van der Waals surface area contributed by atoms with Crippen LogP contribution >= 0.6 is 11.3 Å². The van der Waals surface area contributed by atoms with Gasteiger partial charge in [-0.05, 0) is 24.3 Å². The van der Waals surface area contributed by atoms with Gasteiger partial charge in [0.1, 0.15) is 5.82 Å². The second-order valence-corrected chi connectivity index (χ2v) is 4.58. The van der Waals surface area contributed by atoms with Crippen LogP contribution in [0.25, 0.3) is 0 Å². The van der Waals surface area contributed by atoms with Crippen LogP contribution in [0.5, 0.6) is 0 Å². The first kappa shape index (κ1) is 12.5. The van der Waals surface area contributed by atoms with Gasteiger partial charge in [-0.15, -0.1) is 11.3 Å². The molecule has 2 rings (SSSR count). The van der Waals surface area contributed by atoms with Gasteiger partial charge in [-0.25, -0.2) is 9.37 Å². The van der Waals surface area contributed by atoms with Crippen molar-refractivity contribution in [1.29, 1.82) is 0 Å². The monoisotopic (exact) mass is 265 g/mol. The maximum atomic E-state index is 12.7. The van der Waals surface area contributed by atoms with Gasteiger partial charge < -0.3 is 11.1 Å². The summed E-state index contributed by atoms with van der Waals surface area (Å²) in [7, 11) is 0. The van der Waals surface area contributed by atoms with Gasteiger partial charge in [0.05, 0.1) is 5.69 Å². The Kier molecular flexibility index (Phi) is 3.88. The van der Waals surface area contributed by atoms with Gasteiger partial charge in [-0.3, -0.25) is 4.79 Å². The number of nitrogen functional groups attached to an aromatic ring is 1. The Morgan fingerprint density at radius 3 is 2.72 bits per heavy atom. The highest BCUT2D eigenvalue weighted by molar-refractivity contribution is 7.13. The van der Waals surface area contributed by atoms with Crippen molar-refractivity contribution in [1.82, 2.24) is 10.3 Å². The number of aromatic nitrogens is 1. The van der Waals surface area contributed by atoms with E-state index in [4.69, 9.17) is 5.73 Å². The summed E-state index contributed by atoms with van der Waals surface area (Å²) in [5.74, 6) is -0.581. The highest BCUT2D eigenvalue weighted by Gasteiger charge is 2.05. The number of benzene rings is 1. The Morgan fingerprint density at radius 1 is 1.39 bits per heavy atom. The quantitative estimate of drug-likeness (QED) is 0.886. The molecule has 0 aliphatic rings. The van der Waals surface area contributed by atoms with Gasteiger partial charge >= 0.3 is 0 Å². The van der Waals surface area contributed by atoms with E-state index in [1.165, 1.54) is 35.6 Å². The fourth-order valence-electron chi connectivity index (χ4n) is 1.44. The van der Waals surface area contributed by atoms with Crippen molar-refractivity contribution in [3.8, 4) is 0 Å². The largest absolute Gasteiger partial charge is 0.375 e. The maximum Gasteiger partial charge on any atom is 0.251 e. The van der Waals surface area contributed by atoms with Crippen LogP contribution in [0.4, 0.5) is 9.52 Å². The first-order chi connectivity index (χ1) is 8.65. The molecule has 0 spiro atoms. The molecule has 18 heavy (non-hydrogen) atoms. The molecule has 0 aliphatic heterocycles. The number of anilines is 1. The van der Waals surface area contributed by atoms with Crippen molar-refractivity contribution >= 4 is 22.4 Å². The molecule has 2 aromatic rings. The first-order valence-corrected chi connectivity index (χ1v) is 6.27. The number of thiazole rings is 1. The summed E-state index contributed by atoms with van der Waals surface area (Å²) in [5.41, 5.74) is 6.80. The molecule has 4 nitrogen and oxygen atoms in total. The number of hydrogen-bond acceptors (Lipinski definition) is 4. The van der Waals surface area contributed by atoms with Gasteiger partial charge in [0.15, 0.2) is 5.13 Å². The smallest absolute Gasteiger partial charge is 0.251 e. The number of hydrogen-bond donors (Lipinski definition) is 2. The topological polar surface area (TPSA) is 68.0 Å². The second-order valence-electron chi connectivity index (χ2n) is 3.69. The number of halogens is 1. The molecule has 0 saturated carbocycles. The third-order valence-corrected chi connectivity index (χ3v) is 3.07. The number of nitrogens with one attached hydrogen (secondary N) is 1. The van der Waals surface area contributed by atoms with Crippen LogP contribution in [-0.4, -0.2) is 17.4 Å². The molecular weight excluding hydrogens is 253 g/mol. The summed E-state index contributed by atoms with van der Waals surface area (Å²) < 4.78 is 12.7. The zero-order valence-electron chi connectivity index (χ0n) is 9.52. The molecule has 0 unspecified atom stereocenters. The molecular formula is C12H12FN3OS. The molecule has 3 N–H and O–H groups in total. The van der Waals surface area contributed by atoms with Gasteiger partial charge in [0, 0.05) is 23.9 Å². The van der Waals surface area contributed by atoms with Crippen molar-refractivity contribution in [2.45, 2.75) is 6.42 Å². The van der Waals surface area contributed by atoms with Crippen LogP contribution in [-0.2, 0) is 6.42 Å².